The van der Waals surface area contributed by atoms with Gasteiger partial charge < -0.3 is 9.84 Å². The number of methoxy groups -OCH3 is 1. The molecule has 1 atom stereocenters. The summed E-state index contributed by atoms with van der Waals surface area (Å²) < 4.78 is 6.19. The number of halogens is 1. The Bertz CT molecular complexity index is 1080. The molecule has 0 radical (unpaired) electrons. The Kier molecular flexibility index (Phi) is 6.39. The fraction of sp³-hybridized carbons (Fsp3) is 0.250. The second kappa shape index (κ2) is 8.77. The van der Waals surface area contributed by atoms with Crippen molar-refractivity contribution in [3.63, 3.8) is 0 Å². The molecule has 0 saturated heterocycles. The number of ether oxygens (including phenoxy) is 1. The third-order valence-corrected chi connectivity index (χ3v) is 5.50. The van der Waals surface area contributed by atoms with Gasteiger partial charge in [-0.15, -0.1) is 0 Å². The SMILES string of the molecule is COC(=O)c1ccc2c(=O)n(C[C@@H](C)O)c(SCc3ccccc3Cl)nc2c1. The molecule has 0 aliphatic carbocycles. The second-order valence-electron chi connectivity index (χ2n) is 6.26. The van der Waals surface area contributed by atoms with Crippen molar-refractivity contribution in [3.8, 4) is 0 Å². The first-order valence-electron chi connectivity index (χ1n) is 8.58. The number of nitrogens with zero attached hydrogens (tertiary/aromatic N) is 2. The van der Waals surface area contributed by atoms with E-state index in [1.807, 2.05) is 18.2 Å². The van der Waals surface area contributed by atoms with Gasteiger partial charge in [0.2, 0.25) is 0 Å². The highest BCUT2D eigenvalue weighted by atomic mass is 35.5. The molecule has 1 aromatic heterocycles. The number of hydrogen-bond acceptors (Lipinski definition) is 6. The number of aromatic nitrogens is 2. The summed E-state index contributed by atoms with van der Waals surface area (Å²) in [6.07, 6.45) is -0.717. The molecule has 3 rings (SSSR count). The van der Waals surface area contributed by atoms with Crippen LogP contribution in [0.4, 0.5) is 0 Å². The smallest absolute Gasteiger partial charge is 0.337 e. The molecular weight excluding hydrogens is 400 g/mol. The Morgan fingerprint density at radius 1 is 1.32 bits per heavy atom. The predicted octanol–water partition coefficient (Wildman–Crippen LogP) is 3.51. The normalized spacial score (nSPS) is 12.1. The minimum absolute atomic E-state index is 0.116. The van der Waals surface area contributed by atoms with Gasteiger partial charge >= 0.3 is 5.97 Å². The lowest BCUT2D eigenvalue weighted by atomic mass is 10.1. The molecule has 6 nitrogen and oxygen atoms in total. The zero-order valence-electron chi connectivity index (χ0n) is 15.4. The lowest BCUT2D eigenvalue weighted by Crippen LogP contribution is -2.28. The topological polar surface area (TPSA) is 81.4 Å². The van der Waals surface area contributed by atoms with E-state index in [-0.39, 0.29) is 12.1 Å². The van der Waals surface area contributed by atoms with Crippen molar-refractivity contribution in [1.29, 1.82) is 0 Å². The van der Waals surface area contributed by atoms with E-state index >= 15 is 0 Å². The van der Waals surface area contributed by atoms with Crippen molar-refractivity contribution in [2.24, 2.45) is 0 Å². The molecule has 0 fully saturated rings. The molecule has 0 aliphatic heterocycles. The Hall–Kier alpha value is -2.35. The largest absolute Gasteiger partial charge is 0.465 e. The van der Waals surface area contributed by atoms with Gasteiger partial charge in [-0.3, -0.25) is 9.36 Å². The van der Waals surface area contributed by atoms with Gasteiger partial charge in [0.05, 0.1) is 36.2 Å². The van der Waals surface area contributed by atoms with Gasteiger partial charge in [0, 0.05) is 10.8 Å². The summed E-state index contributed by atoms with van der Waals surface area (Å²) >= 11 is 7.56. The summed E-state index contributed by atoms with van der Waals surface area (Å²) in [5, 5.41) is 11.3. The van der Waals surface area contributed by atoms with Crippen LogP contribution in [0.2, 0.25) is 5.02 Å². The number of hydrogen-bond donors (Lipinski definition) is 1. The highest BCUT2D eigenvalue weighted by Crippen LogP contribution is 2.26. The van der Waals surface area contributed by atoms with Gasteiger partial charge in [-0.25, -0.2) is 9.78 Å². The summed E-state index contributed by atoms with van der Waals surface area (Å²) in [5.41, 5.74) is 1.35. The van der Waals surface area contributed by atoms with Gasteiger partial charge in [-0.05, 0) is 36.8 Å². The molecule has 1 heterocycles. The maximum atomic E-state index is 13.0. The number of fused-ring (bicyclic) bond motifs is 1. The third kappa shape index (κ3) is 4.38. The van der Waals surface area contributed by atoms with Crippen LogP contribution in [0.1, 0.15) is 22.8 Å². The molecule has 0 unspecified atom stereocenters. The van der Waals surface area contributed by atoms with E-state index in [4.69, 9.17) is 16.3 Å². The molecule has 28 heavy (non-hydrogen) atoms. The van der Waals surface area contributed by atoms with E-state index in [9.17, 15) is 14.7 Å². The van der Waals surface area contributed by atoms with Crippen LogP contribution < -0.4 is 5.56 Å². The van der Waals surface area contributed by atoms with Crippen molar-refractivity contribution >= 4 is 40.2 Å². The van der Waals surface area contributed by atoms with Gasteiger partial charge in [-0.1, -0.05) is 41.6 Å². The van der Waals surface area contributed by atoms with Crippen LogP contribution in [0, 0.1) is 0 Å². The molecule has 0 bridgehead atoms. The first kappa shape index (κ1) is 20.4. The van der Waals surface area contributed by atoms with Crippen molar-refractivity contribution in [3.05, 3.63) is 69.0 Å². The van der Waals surface area contributed by atoms with Crippen LogP contribution in [0.15, 0.2) is 52.4 Å². The minimum Gasteiger partial charge on any atom is -0.465 e. The fourth-order valence-electron chi connectivity index (χ4n) is 2.74. The molecule has 0 amide bonds. The number of benzene rings is 2. The van der Waals surface area contributed by atoms with E-state index in [2.05, 4.69) is 4.98 Å². The summed E-state index contributed by atoms with van der Waals surface area (Å²) in [7, 11) is 1.30. The number of carbonyl (C=O) groups is 1. The van der Waals surface area contributed by atoms with Gasteiger partial charge in [0.1, 0.15) is 0 Å². The van der Waals surface area contributed by atoms with Crippen LogP contribution in [0.25, 0.3) is 10.9 Å². The lowest BCUT2D eigenvalue weighted by Gasteiger charge is -2.15. The van der Waals surface area contributed by atoms with Crippen molar-refractivity contribution in [1.82, 2.24) is 9.55 Å². The molecule has 146 valence electrons. The summed E-state index contributed by atoms with van der Waals surface area (Å²) in [6.45, 7) is 1.73. The fourth-order valence-corrected chi connectivity index (χ4v) is 4.03. The number of rotatable bonds is 6. The van der Waals surface area contributed by atoms with E-state index in [1.165, 1.54) is 35.6 Å². The van der Waals surface area contributed by atoms with Crippen LogP contribution in [0.3, 0.4) is 0 Å². The average Bonchev–Trinajstić information content (AvgIpc) is 2.68. The van der Waals surface area contributed by atoms with E-state index in [1.54, 1.807) is 19.1 Å². The highest BCUT2D eigenvalue weighted by molar-refractivity contribution is 7.98. The quantitative estimate of drug-likeness (QED) is 0.375. The van der Waals surface area contributed by atoms with Gasteiger partial charge in [0.25, 0.3) is 5.56 Å². The molecule has 3 aromatic rings. The monoisotopic (exact) mass is 418 g/mol. The number of thioether (sulfide) groups is 1. The van der Waals surface area contributed by atoms with E-state index < -0.39 is 12.1 Å². The number of aliphatic hydroxyl groups is 1. The van der Waals surface area contributed by atoms with E-state index in [0.717, 1.165) is 5.56 Å². The van der Waals surface area contributed by atoms with Crippen LogP contribution in [0.5, 0.6) is 0 Å². The second-order valence-corrected chi connectivity index (χ2v) is 7.61. The van der Waals surface area contributed by atoms with Crippen molar-refractivity contribution in [2.75, 3.05) is 7.11 Å². The number of aliphatic hydroxyl groups excluding tert-OH is 1. The van der Waals surface area contributed by atoms with Crippen LogP contribution in [-0.4, -0.2) is 33.8 Å². The first-order valence-corrected chi connectivity index (χ1v) is 9.94. The van der Waals surface area contributed by atoms with Crippen LogP contribution in [-0.2, 0) is 17.0 Å². The Balaban J connectivity index is 2.07. The molecule has 0 saturated carbocycles. The van der Waals surface area contributed by atoms with Gasteiger partial charge in [-0.2, -0.15) is 0 Å². The summed E-state index contributed by atoms with van der Waals surface area (Å²) in [5.74, 6) is 0.0100. The maximum Gasteiger partial charge on any atom is 0.337 e. The Labute approximate surface area is 171 Å². The van der Waals surface area contributed by atoms with Gasteiger partial charge in [0.15, 0.2) is 5.16 Å². The summed E-state index contributed by atoms with van der Waals surface area (Å²) in [4.78, 5) is 29.3. The molecule has 1 N–H and O–H groups in total. The molecule has 8 heteroatoms. The van der Waals surface area contributed by atoms with Crippen molar-refractivity contribution < 1.29 is 14.6 Å². The highest BCUT2D eigenvalue weighted by Gasteiger charge is 2.16. The third-order valence-electron chi connectivity index (χ3n) is 4.10. The van der Waals surface area contributed by atoms with Crippen molar-refractivity contribution in [2.45, 2.75) is 30.5 Å². The number of carbonyl (C=O) groups excluding carboxylic acids is 1. The molecular formula is C20H19ClN2O4S. The van der Waals surface area contributed by atoms with E-state index in [0.29, 0.717) is 32.4 Å². The molecule has 0 aliphatic rings. The summed E-state index contributed by atoms with van der Waals surface area (Å²) in [6, 6.07) is 12.1. The zero-order chi connectivity index (χ0) is 20.3. The Morgan fingerprint density at radius 3 is 2.75 bits per heavy atom. The molecule has 0 spiro atoms. The number of esters is 1. The minimum atomic E-state index is -0.717. The van der Waals surface area contributed by atoms with Crippen LogP contribution >= 0.6 is 23.4 Å². The lowest BCUT2D eigenvalue weighted by molar-refractivity contribution is 0.0601. The first-order chi connectivity index (χ1) is 13.4. The standard InChI is InChI=1S/C20H19ClN2O4S/c1-12(24)10-23-18(25)15-8-7-13(19(26)27-2)9-17(15)22-20(23)28-11-14-5-3-4-6-16(14)21/h3-9,12,24H,10-11H2,1-2H3/t12-/m1/s1. The Morgan fingerprint density at radius 2 is 2.07 bits per heavy atom. The average molecular weight is 419 g/mol. The predicted molar refractivity (Wildman–Crippen MR) is 110 cm³/mol. The molecule has 2 aromatic carbocycles. The zero-order valence-corrected chi connectivity index (χ0v) is 17.0. The maximum absolute atomic E-state index is 13.0.